The third-order valence-electron chi connectivity index (χ3n) is 3.93. The maximum Gasteiger partial charge on any atom is 0.365 e. The minimum atomic E-state index is -0.526. The molecular weight excluding hydrogens is 314 g/mol. The fraction of sp³-hybridized carbons (Fsp3) is 0.381. The standard InChI is InChI=1S/C21H25NO3/c1-20(2,3)16-12-15(13-17(18(16)23)21(4,5)6)22-25-19(24)14-10-8-7-9-11-14/h7-13H,1-6H3. The molecule has 0 radical (unpaired) electrons. The van der Waals surface area contributed by atoms with Crippen molar-refractivity contribution in [2.45, 2.75) is 41.5 Å². The molecule has 0 unspecified atom stereocenters. The molecule has 0 fully saturated rings. The van der Waals surface area contributed by atoms with Gasteiger partial charge in [0.1, 0.15) is 5.71 Å². The summed E-state index contributed by atoms with van der Waals surface area (Å²) in [5.74, 6) is -0.505. The second kappa shape index (κ2) is 6.79. The van der Waals surface area contributed by atoms with Crippen molar-refractivity contribution in [2.24, 2.45) is 16.0 Å². The first kappa shape index (κ1) is 18.8. The van der Waals surface area contributed by atoms with Gasteiger partial charge >= 0.3 is 5.97 Å². The highest BCUT2D eigenvalue weighted by molar-refractivity contribution is 6.22. The van der Waals surface area contributed by atoms with Crippen LogP contribution in [0.1, 0.15) is 51.9 Å². The zero-order chi connectivity index (χ0) is 18.8. The van der Waals surface area contributed by atoms with Crippen molar-refractivity contribution >= 4 is 17.5 Å². The van der Waals surface area contributed by atoms with Gasteiger partial charge in [-0.05, 0) is 35.1 Å². The average Bonchev–Trinajstić information content (AvgIpc) is 2.52. The molecule has 0 N–H and O–H groups in total. The Hall–Kier alpha value is -2.49. The zero-order valence-corrected chi connectivity index (χ0v) is 15.7. The van der Waals surface area contributed by atoms with E-state index in [0.29, 0.717) is 22.4 Å². The van der Waals surface area contributed by atoms with Crippen LogP contribution in [-0.2, 0) is 9.63 Å². The average molecular weight is 339 g/mol. The molecule has 0 bridgehead atoms. The van der Waals surface area contributed by atoms with E-state index in [0.717, 1.165) is 0 Å². The van der Waals surface area contributed by atoms with Crippen molar-refractivity contribution in [1.82, 2.24) is 0 Å². The molecule has 0 saturated heterocycles. The van der Waals surface area contributed by atoms with E-state index < -0.39 is 5.97 Å². The van der Waals surface area contributed by atoms with Gasteiger partial charge in [0, 0.05) is 11.1 Å². The number of hydrogen-bond acceptors (Lipinski definition) is 4. The number of nitrogens with zero attached hydrogens (tertiary/aromatic N) is 1. The van der Waals surface area contributed by atoms with E-state index in [4.69, 9.17) is 4.84 Å². The van der Waals surface area contributed by atoms with E-state index in [1.54, 1.807) is 36.4 Å². The number of ketones is 1. The van der Waals surface area contributed by atoms with Gasteiger partial charge in [-0.1, -0.05) is 64.9 Å². The SMILES string of the molecule is CC(C)(C)C1=CC(=NOC(=O)c2ccccc2)C=C(C(C)(C)C)C1=O. The lowest BCUT2D eigenvalue weighted by Crippen LogP contribution is -2.29. The Bertz CT molecular complexity index is 734. The van der Waals surface area contributed by atoms with Crippen LogP contribution < -0.4 is 0 Å². The molecular formula is C21H25NO3. The van der Waals surface area contributed by atoms with Gasteiger partial charge in [-0.25, -0.2) is 4.79 Å². The fourth-order valence-electron chi connectivity index (χ4n) is 2.50. The number of allylic oxidation sites excluding steroid dienone is 4. The molecule has 0 atom stereocenters. The monoisotopic (exact) mass is 339 g/mol. The maximum atomic E-state index is 12.8. The summed E-state index contributed by atoms with van der Waals surface area (Å²) in [6.45, 7) is 11.9. The Labute approximate surface area is 149 Å². The van der Waals surface area contributed by atoms with E-state index in [2.05, 4.69) is 5.16 Å². The molecule has 4 heteroatoms. The Morgan fingerprint density at radius 2 is 1.36 bits per heavy atom. The first-order valence-corrected chi connectivity index (χ1v) is 8.33. The van der Waals surface area contributed by atoms with Crippen molar-refractivity contribution in [3.63, 3.8) is 0 Å². The smallest absolute Gasteiger partial charge is 0.312 e. The van der Waals surface area contributed by atoms with Crippen molar-refractivity contribution in [3.8, 4) is 0 Å². The third kappa shape index (κ3) is 4.53. The van der Waals surface area contributed by atoms with Crippen LogP contribution in [0.25, 0.3) is 0 Å². The lowest BCUT2D eigenvalue weighted by Gasteiger charge is -2.30. The van der Waals surface area contributed by atoms with Crippen LogP contribution in [0.4, 0.5) is 0 Å². The summed E-state index contributed by atoms with van der Waals surface area (Å²) in [6.07, 6.45) is 3.41. The lowest BCUT2D eigenvalue weighted by atomic mass is 9.72. The molecule has 1 aliphatic carbocycles. The van der Waals surface area contributed by atoms with Crippen LogP contribution in [0, 0.1) is 10.8 Å². The summed E-state index contributed by atoms with van der Waals surface area (Å²) in [6, 6.07) is 8.68. The number of hydrogen-bond donors (Lipinski definition) is 0. The highest BCUT2D eigenvalue weighted by Crippen LogP contribution is 2.37. The minimum Gasteiger partial charge on any atom is -0.312 e. The molecule has 1 aromatic carbocycles. The fourth-order valence-corrected chi connectivity index (χ4v) is 2.50. The lowest BCUT2D eigenvalue weighted by molar-refractivity contribution is -0.114. The summed E-state index contributed by atoms with van der Waals surface area (Å²) >= 11 is 0. The normalized spacial score (nSPS) is 15.4. The topological polar surface area (TPSA) is 55.7 Å². The van der Waals surface area contributed by atoms with Crippen molar-refractivity contribution in [2.75, 3.05) is 0 Å². The molecule has 25 heavy (non-hydrogen) atoms. The van der Waals surface area contributed by atoms with Crippen LogP contribution in [-0.4, -0.2) is 17.5 Å². The Kier molecular flexibility index (Phi) is 5.12. The van der Waals surface area contributed by atoms with E-state index in [9.17, 15) is 9.59 Å². The first-order valence-electron chi connectivity index (χ1n) is 8.33. The maximum absolute atomic E-state index is 12.8. The van der Waals surface area contributed by atoms with Crippen LogP contribution in [0.3, 0.4) is 0 Å². The van der Waals surface area contributed by atoms with Gasteiger partial charge in [-0.3, -0.25) is 4.79 Å². The van der Waals surface area contributed by atoms with Crippen molar-refractivity contribution in [1.29, 1.82) is 0 Å². The van der Waals surface area contributed by atoms with E-state index in [1.165, 1.54) is 0 Å². The van der Waals surface area contributed by atoms with Gasteiger partial charge < -0.3 is 4.84 Å². The summed E-state index contributed by atoms with van der Waals surface area (Å²) in [5.41, 5.74) is 1.57. The molecule has 0 spiro atoms. The quantitative estimate of drug-likeness (QED) is 0.445. The highest BCUT2D eigenvalue weighted by atomic mass is 16.7. The van der Waals surface area contributed by atoms with E-state index in [-0.39, 0.29) is 16.6 Å². The van der Waals surface area contributed by atoms with Gasteiger partial charge in [0.15, 0.2) is 5.78 Å². The summed E-state index contributed by atoms with van der Waals surface area (Å²) in [7, 11) is 0. The highest BCUT2D eigenvalue weighted by Gasteiger charge is 2.34. The molecule has 2 rings (SSSR count). The number of benzene rings is 1. The predicted molar refractivity (Wildman–Crippen MR) is 99.4 cm³/mol. The molecule has 4 nitrogen and oxygen atoms in total. The summed E-state index contributed by atoms with van der Waals surface area (Å²) in [4.78, 5) is 30.0. The van der Waals surface area contributed by atoms with Gasteiger partial charge in [-0.15, -0.1) is 0 Å². The van der Waals surface area contributed by atoms with Gasteiger partial charge in [-0.2, -0.15) is 0 Å². The number of Topliss-reactive ketones (excluding diaryl/α,β-unsaturated/α-hetero) is 1. The largest absolute Gasteiger partial charge is 0.365 e. The van der Waals surface area contributed by atoms with Gasteiger partial charge in [0.05, 0.1) is 5.56 Å². The summed E-state index contributed by atoms with van der Waals surface area (Å²) in [5, 5.41) is 3.98. The molecule has 0 aliphatic heterocycles. The molecule has 0 heterocycles. The van der Waals surface area contributed by atoms with Crippen LogP contribution in [0.2, 0.25) is 0 Å². The third-order valence-corrected chi connectivity index (χ3v) is 3.93. The molecule has 0 aromatic heterocycles. The summed E-state index contributed by atoms with van der Waals surface area (Å²) < 4.78 is 0. The van der Waals surface area contributed by atoms with Crippen molar-refractivity contribution in [3.05, 3.63) is 59.2 Å². The Morgan fingerprint density at radius 1 is 0.880 bits per heavy atom. The van der Waals surface area contributed by atoms with Gasteiger partial charge in [0.25, 0.3) is 0 Å². The number of carbonyl (C=O) groups excluding carboxylic acids is 2. The van der Waals surface area contributed by atoms with Crippen LogP contribution in [0.5, 0.6) is 0 Å². The molecule has 1 aromatic rings. The Balaban J connectivity index is 2.36. The van der Waals surface area contributed by atoms with Crippen LogP contribution >= 0.6 is 0 Å². The van der Waals surface area contributed by atoms with E-state index in [1.807, 2.05) is 47.6 Å². The molecule has 1 aliphatic rings. The van der Waals surface area contributed by atoms with Gasteiger partial charge in [0.2, 0.25) is 0 Å². The van der Waals surface area contributed by atoms with Crippen molar-refractivity contribution < 1.29 is 14.4 Å². The predicted octanol–water partition coefficient (Wildman–Crippen LogP) is 4.73. The number of rotatable bonds is 2. The molecule has 0 amide bonds. The minimum absolute atomic E-state index is 0.0216. The Morgan fingerprint density at radius 3 is 1.80 bits per heavy atom. The van der Waals surface area contributed by atoms with E-state index >= 15 is 0 Å². The second-order valence-corrected chi connectivity index (χ2v) is 8.21. The number of oxime groups is 1. The molecule has 132 valence electrons. The van der Waals surface area contributed by atoms with Crippen LogP contribution in [0.15, 0.2) is 58.8 Å². The first-order chi connectivity index (χ1) is 11.5. The number of carbonyl (C=O) groups is 2. The second-order valence-electron chi connectivity index (χ2n) is 8.21. The molecule has 0 saturated carbocycles. The zero-order valence-electron chi connectivity index (χ0n) is 15.7.